The van der Waals surface area contributed by atoms with E-state index in [1.807, 2.05) is 13.8 Å². The van der Waals surface area contributed by atoms with Crippen molar-refractivity contribution in [2.75, 3.05) is 16.8 Å². The lowest BCUT2D eigenvalue weighted by atomic mass is 10.2. The minimum atomic E-state index is -2.79. The van der Waals surface area contributed by atoms with Gasteiger partial charge in [-0.1, -0.05) is 42.6 Å². The van der Waals surface area contributed by atoms with Crippen LogP contribution < -0.4 is 0 Å². The van der Waals surface area contributed by atoms with Gasteiger partial charge < -0.3 is 0 Å². The molecule has 0 aromatic carbocycles. The maximum atomic E-state index is 11.6. The maximum absolute atomic E-state index is 11.6. The monoisotopic (exact) mass is 284 g/mol. The number of hydrogen-bond donors (Lipinski definition) is 0. The first-order valence-electron chi connectivity index (χ1n) is 5.28. The molecule has 0 aliphatic heterocycles. The van der Waals surface area contributed by atoms with Crippen LogP contribution in [0.4, 0.5) is 0 Å². The van der Waals surface area contributed by atoms with E-state index in [4.69, 9.17) is 0 Å². The van der Waals surface area contributed by atoms with Gasteiger partial charge in [0.05, 0.1) is 11.5 Å². The molecule has 0 N–H and O–H groups in total. The minimum absolute atomic E-state index is 0.302. The molecule has 1 atom stereocenters. The maximum Gasteiger partial charge on any atom is 0.150 e. The molecule has 0 bridgehead atoms. The normalized spacial score (nSPS) is 14.2. The summed E-state index contributed by atoms with van der Waals surface area (Å²) in [5, 5.41) is 0.971. The van der Waals surface area contributed by atoms with Crippen LogP contribution in [-0.2, 0) is 9.84 Å². The number of alkyl halides is 1. The van der Waals surface area contributed by atoms with Gasteiger partial charge in [0.2, 0.25) is 0 Å². The molecule has 0 aromatic heterocycles. The van der Waals surface area contributed by atoms with E-state index >= 15 is 0 Å². The molecular weight excluding hydrogens is 264 g/mol. The molecule has 86 valence electrons. The third-order valence-electron chi connectivity index (χ3n) is 2.32. The van der Waals surface area contributed by atoms with Gasteiger partial charge in [-0.2, -0.15) is 0 Å². The molecule has 0 spiro atoms. The van der Waals surface area contributed by atoms with Crippen molar-refractivity contribution in [2.45, 2.75) is 39.5 Å². The lowest BCUT2D eigenvalue weighted by molar-refractivity contribution is 0.561. The Morgan fingerprint density at radius 3 is 2.36 bits per heavy atom. The molecule has 14 heavy (non-hydrogen) atoms. The molecule has 0 saturated carbocycles. The highest BCUT2D eigenvalue weighted by Crippen LogP contribution is 2.08. The van der Waals surface area contributed by atoms with Crippen molar-refractivity contribution in [1.29, 1.82) is 0 Å². The molecule has 0 aromatic rings. The zero-order chi connectivity index (χ0) is 11.0. The van der Waals surface area contributed by atoms with Gasteiger partial charge in [-0.25, -0.2) is 8.42 Å². The van der Waals surface area contributed by atoms with Crippen LogP contribution in [0.3, 0.4) is 0 Å². The lowest BCUT2D eigenvalue weighted by Gasteiger charge is -2.08. The van der Waals surface area contributed by atoms with E-state index in [0.717, 1.165) is 31.0 Å². The van der Waals surface area contributed by atoms with Crippen molar-refractivity contribution in [2.24, 2.45) is 5.92 Å². The van der Waals surface area contributed by atoms with Gasteiger partial charge in [-0.15, -0.1) is 0 Å². The molecule has 0 rings (SSSR count). The van der Waals surface area contributed by atoms with E-state index < -0.39 is 9.84 Å². The Hall–Kier alpha value is 0.430. The number of hydrogen-bond acceptors (Lipinski definition) is 2. The minimum Gasteiger partial charge on any atom is -0.229 e. The van der Waals surface area contributed by atoms with Crippen molar-refractivity contribution in [3.8, 4) is 0 Å². The molecular formula is C10H21BrO2S. The van der Waals surface area contributed by atoms with Gasteiger partial charge >= 0.3 is 0 Å². The highest BCUT2D eigenvalue weighted by atomic mass is 79.9. The summed E-state index contributed by atoms with van der Waals surface area (Å²) in [6, 6.07) is 0. The second-order valence-corrected chi connectivity index (χ2v) is 6.90. The third kappa shape index (κ3) is 7.80. The van der Waals surface area contributed by atoms with E-state index in [9.17, 15) is 8.42 Å². The van der Waals surface area contributed by atoms with Crippen LogP contribution in [0.15, 0.2) is 0 Å². The molecule has 0 amide bonds. The van der Waals surface area contributed by atoms with Crippen LogP contribution in [0, 0.1) is 5.92 Å². The Balaban J connectivity index is 3.73. The predicted molar refractivity (Wildman–Crippen MR) is 65.8 cm³/mol. The Labute approximate surface area is 96.5 Å². The molecule has 0 aliphatic rings. The topological polar surface area (TPSA) is 34.1 Å². The second kappa shape index (κ2) is 7.69. The molecule has 0 saturated heterocycles. The van der Waals surface area contributed by atoms with Crippen molar-refractivity contribution < 1.29 is 8.42 Å². The largest absolute Gasteiger partial charge is 0.229 e. The fraction of sp³-hybridized carbons (Fsp3) is 1.00. The molecule has 0 radical (unpaired) electrons. The zero-order valence-corrected chi connectivity index (χ0v) is 11.5. The number of halogens is 1. The van der Waals surface area contributed by atoms with Crippen LogP contribution in [-0.4, -0.2) is 25.3 Å². The molecule has 0 fully saturated rings. The predicted octanol–water partition coefficient (Wildman–Crippen LogP) is 3.01. The van der Waals surface area contributed by atoms with Crippen LogP contribution in [0.2, 0.25) is 0 Å². The first kappa shape index (κ1) is 14.4. The van der Waals surface area contributed by atoms with E-state index in [-0.39, 0.29) is 0 Å². The Kier molecular flexibility index (Phi) is 7.92. The third-order valence-corrected chi connectivity index (χ3v) is 4.87. The summed E-state index contributed by atoms with van der Waals surface area (Å²) in [7, 11) is -2.79. The van der Waals surface area contributed by atoms with Gasteiger partial charge in [-0.05, 0) is 18.8 Å². The molecule has 0 heterocycles. The molecule has 0 aliphatic carbocycles. The quantitative estimate of drug-likeness (QED) is 0.507. The van der Waals surface area contributed by atoms with Crippen molar-refractivity contribution >= 4 is 25.8 Å². The highest BCUT2D eigenvalue weighted by Gasteiger charge is 2.13. The van der Waals surface area contributed by atoms with Gasteiger partial charge in [0.15, 0.2) is 9.84 Å². The summed E-state index contributed by atoms with van der Waals surface area (Å²) < 4.78 is 23.1. The second-order valence-electron chi connectivity index (χ2n) is 3.88. The summed E-state index contributed by atoms with van der Waals surface area (Å²) in [5.41, 5.74) is 0. The Bertz CT molecular complexity index is 224. The first-order chi connectivity index (χ1) is 6.52. The summed E-state index contributed by atoms with van der Waals surface area (Å²) >= 11 is 3.33. The van der Waals surface area contributed by atoms with Gasteiger partial charge in [0.25, 0.3) is 0 Å². The first-order valence-corrected chi connectivity index (χ1v) is 8.22. The van der Waals surface area contributed by atoms with E-state index in [1.165, 1.54) is 0 Å². The van der Waals surface area contributed by atoms with E-state index in [0.29, 0.717) is 17.4 Å². The Morgan fingerprint density at radius 2 is 1.86 bits per heavy atom. The standard InChI is InChI=1S/C10H21BrO2S/c1-3-10(2)9-14(12,13)8-6-4-5-7-11/h10H,3-9H2,1-2H3. The van der Waals surface area contributed by atoms with Crippen LogP contribution in [0.1, 0.15) is 39.5 Å². The SMILES string of the molecule is CCC(C)CS(=O)(=O)CCCCCBr. The van der Waals surface area contributed by atoms with Crippen LogP contribution >= 0.6 is 15.9 Å². The van der Waals surface area contributed by atoms with Crippen LogP contribution in [0.5, 0.6) is 0 Å². The van der Waals surface area contributed by atoms with Gasteiger partial charge in [0, 0.05) is 5.33 Å². The fourth-order valence-corrected chi connectivity index (χ4v) is 3.54. The van der Waals surface area contributed by atoms with E-state index in [1.54, 1.807) is 0 Å². The fourth-order valence-electron chi connectivity index (χ4n) is 1.23. The molecule has 2 nitrogen and oxygen atoms in total. The zero-order valence-electron chi connectivity index (χ0n) is 9.13. The van der Waals surface area contributed by atoms with E-state index in [2.05, 4.69) is 15.9 Å². The highest BCUT2D eigenvalue weighted by molar-refractivity contribution is 9.09. The summed E-state index contributed by atoms with van der Waals surface area (Å²) in [5.74, 6) is 1.03. The lowest BCUT2D eigenvalue weighted by Crippen LogP contribution is -2.16. The van der Waals surface area contributed by atoms with Gasteiger partial charge in [-0.3, -0.25) is 0 Å². The van der Waals surface area contributed by atoms with Crippen molar-refractivity contribution in [3.63, 3.8) is 0 Å². The number of sulfone groups is 1. The molecule has 1 unspecified atom stereocenters. The Morgan fingerprint density at radius 1 is 1.21 bits per heavy atom. The smallest absolute Gasteiger partial charge is 0.150 e. The average Bonchev–Trinajstić information content (AvgIpc) is 2.12. The van der Waals surface area contributed by atoms with Gasteiger partial charge in [0.1, 0.15) is 0 Å². The van der Waals surface area contributed by atoms with Crippen molar-refractivity contribution in [3.05, 3.63) is 0 Å². The number of rotatable bonds is 8. The summed E-state index contributed by atoms with van der Waals surface area (Å²) in [4.78, 5) is 0. The summed E-state index contributed by atoms with van der Waals surface area (Å²) in [6.07, 6.45) is 3.83. The van der Waals surface area contributed by atoms with Crippen LogP contribution in [0.25, 0.3) is 0 Å². The number of unbranched alkanes of at least 4 members (excludes halogenated alkanes) is 2. The average molecular weight is 285 g/mol. The summed E-state index contributed by atoms with van der Waals surface area (Å²) in [6.45, 7) is 4.03. The molecule has 4 heteroatoms. The van der Waals surface area contributed by atoms with Crippen molar-refractivity contribution in [1.82, 2.24) is 0 Å².